The summed E-state index contributed by atoms with van der Waals surface area (Å²) in [6.45, 7) is 2.35. The third kappa shape index (κ3) is 2.97. The molecule has 1 aliphatic heterocycles. The minimum atomic E-state index is 0.269. The number of aromatic nitrogens is 2. The standard InChI is InChI=1S/C19H20N4O/c24-18-2-1-11-23(18)13-14-3-5-16(6-4-14)22-12-15-7-9-20-19-17(15)8-10-21-19/h3-10,22H,1-2,11-13H2,(H,20,21). The van der Waals surface area contributed by atoms with Crippen LogP contribution < -0.4 is 5.32 Å². The molecule has 1 aromatic carbocycles. The lowest BCUT2D eigenvalue weighted by Gasteiger charge is -2.16. The van der Waals surface area contributed by atoms with E-state index >= 15 is 0 Å². The van der Waals surface area contributed by atoms with Crippen LogP contribution in [-0.4, -0.2) is 27.3 Å². The highest BCUT2D eigenvalue weighted by Gasteiger charge is 2.19. The number of fused-ring (bicyclic) bond motifs is 1. The van der Waals surface area contributed by atoms with Crippen molar-refractivity contribution in [1.82, 2.24) is 14.9 Å². The Morgan fingerprint density at radius 1 is 1.17 bits per heavy atom. The second kappa shape index (κ2) is 6.35. The molecule has 4 rings (SSSR count). The van der Waals surface area contributed by atoms with Gasteiger partial charge < -0.3 is 15.2 Å². The zero-order valence-corrected chi connectivity index (χ0v) is 13.5. The predicted molar refractivity (Wildman–Crippen MR) is 94.5 cm³/mol. The lowest BCUT2D eigenvalue weighted by atomic mass is 10.1. The largest absolute Gasteiger partial charge is 0.381 e. The first-order valence-electron chi connectivity index (χ1n) is 8.31. The summed E-state index contributed by atoms with van der Waals surface area (Å²) < 4.78 is 0. The lowest BCUT2D eigenvalue weighted by Crippen LogP contribution is -2.23. The first-order chi connectivity index (χ1) is 11.8. The molecule has 24 heavy (non-hydrogen) atoms. The van der Waals surface area contributed by atoms with Crippen LogP contribution in [-0.2, 0) is 17.9 Å². The Morgan fingerprint density at radius 3 is 2.83 bits per heavy atom. The van der Waals surface area contributed by atoms with E-state index in [4.69, 9.17) is 0 Å². The van der Waals surface area contributed by atoms with Crippen molar-refractivity contribution in [2.45, 2.75) is 25.9 Å². The van der Waals surface area contributed by atoms with Crippen LogP contribution in [0.15, 0.2) is 48.8 Å². The lowest BCUT2D eigenvalue weighted by molar-refractivity contribution is -0.128. The molecule has 0 unspecified atom stereocenters. The van der Waals surface area contributed by atoms with Crippen molar-refractivity contribution in [3.05, 3.63) is 59.9 Å². The average Bonchev–Trinajstić information content (AvgIpc) is 3.24. The molecule has 1 fully saturated rings. The third-order valence-electron chi connectivity index (χ3n) is 4.53. The Hall–Kier alpha value is -2.82. The van der Waals surface area contributed by atoms with Gasteiger partial charge in [0.1, 0.15) is 5.65 Å². The van der Waals surface area contributed by atoms with E-state index in [0.29, 0.717) is 13.0 Å². The maximum absolute atomic E-state index is 11.7. The topological polar surface area (TPSA) is 61.0 Å². The van der Waals surface area contributed by atoms with Gasteiger partial charge in [-0.1, -0.05) is 12.1 Å². The molecule has 1 amide bonds. The molecule has 0 aliphatic carbocycles. The molecule has 0 spiro atoms. The van der Waals surface area contributed by atoms with E-state index in [9.17, 15) is 4.79 Å². The van der Waals surface area contributed by atoms with Crippen LogP contribution in [0.25, 0.3) is 11.0 Å². The normalized spacial score (nSPS) is 14.5. The molecule has 2 N–H and O–H groups in total. The number of aromatic amines is 1. The number of H-pyrrole nitrogens is 1. The van der Waals surface area contributed by atoms with Gasteiger partial charge in [-0.2, -0.15) is 0 Å². The van der Waals surface area contributed by atoms with Crippen molar-refractivity contribution in [2.24, 2.45) is 0 Å². The number of carbonyl (C=O) groups excluding carboxylic acids is 1. The van der Waals surface area contributed by atoms with Gasteiger partial charge in [0.05, 0.1) is 0 Å². The van der Waals surface area contributed by atoms with Gasteiger partial charge in [-0.25, -0.2) is 4.98 Å². The SMILES string of the molecule is O=C1CCCN1Cc1ccc(NCc2ccnc3[nH]ccc23)cc1. The number of rotatable bonds is 5. The summed E-state index contributed by atoms with van der Waals surface area (Å²) in [7, 11) is 0. The highest BCUT2D eigenvalue weighted by atomic mass is 16.2. The molecule has 0 radical (unpaired) electrons. The molecule has 0 atom stereocenters. The maximum Gasteiger partial charge on any atom is 0.222 e. The quantitative estimate of drug-likeness (QED) is 0.758. The number of likely N-dealkylation sites (tertiary alicyclic amines) is 1. The molecule has 2 aromatic heterocycles. The zero-order valence-electron chi connectivity index (χ0n) is 13.5. The van der Waals surface area contributed by atoms with Crippen molar-refractivity contribution < 1.29 is 4.79 Å². The summed E-state index contributed by atoms with van der Waals surface area (Å²) in [5.41, 5.74) is 4.38. The Balaban J connectivity index is 1.40. The summed E-state index contributed by atoms with van der Waals surface area (Å²) >= 11 is 0. The monoisotopic (exact) mass is 320 g/mol. The van der Waals surface area contributed by atoms with E-state index in [1.165, 1.54) is 11.1 Å². The molecule has 0 bridgehead atoms. The fourth-order valence-electron chi connectivity index (χ4n) is 3.19. The van der Waals surface area contributed by atoms with Crippen LogP contribution in [0.5, 0.6) is 0 Å². The smallest absolute Gasteiger partial charge is 0.222 e. The Morgan fingerprint density at radius 2 is 2.04 bits per heavy atom. The molecule has 5 heteroatoms. The van der Waals surface area contributed by atoms with Gasteiger partial charge in [0.2, 0.25) is 5.91 Å². The molecule has 122 valence electrons. The van der Waals surface area contributed by atoms with E-state index in [1.54, 1.807) is 0 Å². The van der Waals surface area contributed by atoms with Crippen molar-refractivity contribution in [2.75, 3.05) is 11.9 Å². The van der Waals surface area contributed by atoms with Gasteiger partial charge in [0.25, 0.3) is 0 Å². The number of hydrogen-bond donors (Lipinski definition) is 2. The first-order valence-corrected chi connectivity index (χ1v) is 8.31. The number of nitrogens with zero attached hydrogens (tertiary/aromatic N) is 2. The number of pyridine rings is 1. The number of amides is 1. The van der Waals surface area contributed by atoms with E-state index in [0.717, 1.165) is 36.2 Å². The van der Waals surface area contributed by atoms with Crippen molar-refractivity contribution in [1.29, 1.82) is 0 Å². The summed E-state index contributed by atoms with van der Waals surface area (Å²) in [6.07, 6.45) is 5.42. The number of carbonyl (C=O) groups is 1. The second-order valence-corrected chi connectivity index (χ2v) is 6.18. The molecule has 3 heterocycles. The molecule has 1 aliphatic rings. The van der Waals surface area contributed by atoms with Crippen molar-refractivity contribution in [3.63, 3.8) is 0 Å². The Kier molecular flexibility index (Phi) is 3.91. The summed E-state index contributed by atoms with van der Waals surface area (Å²) in [4.78, 5) is 21.1. The van der Waals surface area contributed by atoms with Gasteiger partial charge >= 0.3 is 0 Å². The third-order valence-corrected chi connectivity index (χ3v) is 4.53. The van der Waals surface area contributed by atoms with Gasteiger partial charge in [-0.3, -0.25) is 4.79 Å². The molecule has 5 nitrogen and oxygen atoms in total. The average molecular weight is 320 g/mol. The van der Waals surface area contributed by atoms with Crippen LogP contribution in [0.3, 0.4) is 0 Å². The molecule has 1 saturated heterocycles. The van der Waals surface area contributed by atoms with Crippen molar-refractivity contribution in [3.8, 4) is 0 Å². The maximum atomic E-state index is 11.7. The minimum absolute atomic E-state index is 0.269. The summed E-state index contributed by atoms with van der Waals surface area (Å²) in [6, 6.07) is 12.4. The predicted octanol–water partition coefficient (Wildman–Crippen LogP) is 3.30. The number of hydrogen-bond acceptors (Lipinski definition) is 3. The van der Waals surface area contributed by atoms with Crippen LogP contribution in [0.2, 0.25) is 0 Å². The fourth-order valence-corrected chi connectivity index (χ4v) is 3.19. The zero-order chi connectivity index (χ0) is 16.4. The van der Waals surface area contributed by atoms with Gasteiger partial charge in [0.15, 0.2) is 0 Å². The number of nitrogens with one attached hydrogen (secondary N) is 2. The highest BCUT2D eigenvalue weighted by Crippen LogP contribution is 2.19. The molecular weight excluding hydrogens is 300 g/mol. The van der Waals surface area contributed by atoms with E-state index in [1.807, 2.05) is 23.4 Å². The second-order valence-electron chi connectivity index (χ2n) is 6.18. The first kappa shape index (κ1) is 14.8. The van der Waals surface area contributed by atoms with Crippen LogP contribution in [0.1, 0.15) is 24.0 Å². The minimum Gasteiger partial charge on any atom is -0.381 e. The number of anilines is 1. The Labute approximate surface area is 140 Å². The highest BCUT2D eigenvalue weighted by molar-refractivity contribution is 5.79. The van der Waals surface area contributed by atoms with E-state index in [2.05, 4.69) is 45.6 Å². The van der Waals surface area contributed by atoms with E-state index < -0.39 is 0 Å². The fraction of sp³-hybridized carbons (Fsp3) is 0.263. The summed E-state index contributed by atoms with van der Waals surface area (Å²) in [5, 5.41) is 4.60. The van der Waals surface area contributed by atoms with Gasteiger partial charge in [-0.15, -0.1) is 0 Å². The van der Waals surface area contributed by atoms with Gasteiger partial charge in [-0.05, 0) is 41.8 Å². The molecule has 0 saturated carbocycles. The van der Waals surface area contributed by atoms with Gasteiger partial charge in [0, 0.05) is 49.5 Å². The molecular formula is C19H20N4O. The molecule has 3 aromatic rings. The van der Waals surface area contributed by atoms with Crippen molar-refractivity contribution >= 4 is 22.6 Å². The van der Waals surface area contributed by atoms with Crippen LogP contribution in [0.4, 0.5) is 5.69 Å². The number of benzene rings is 1. The van der Waals surface area contributed by atoms with Crippen LogP contribution >= 0.6 is 0 Å². The van der Waals surface area contributed by atoms with Crippen LogP contribution in [0, 0.1) is 0 Å². The van der Waals surface area contributed by atoms with E-state index in [-0.39, 0.29) is 5.91 Å². The summed E-state index contributed by atoms with van der Waals surface area (Å²) in [5.74, 6) is 0.269. The Bertz CT molecular complexity index is 853.